The van der Waals surface area contributed by atoms with Crippen LogP contribution in [0.5, 0.6) is 0 Å². The van der Waals surface area contributed by atoms with Crippen LogP contribution in [0.3, 0.4) is 0 Å². The van der Waals surface area contributed by atoms with E-state index in [1.165, 1.54) is 33.6 Å². The molecule has 1 unspecified atom stereocenters. The first-order chi connectivity index (χ1) is 12.1. The number of nitrogens with one attached hydrogen (secondary N) is 2. The van der Waals surface area contributed by atoms with Gasteiger partial charge in [-0.25, -0.2) is 0 Å². The summed E-state index contributed by atoms with van der Waals surface area (Å²) >= 11 is 1.70. The van der Waals surface area contributed by atoms with Crippen molar-refractivity contribution in [1.82, 2.24) is 0 Å². The highest BCUT2D eigenvalue weighted by Crippen LogP contribution is 2.47. The lowest BCUT2D eigenvalue weighted by atomic mass is 9.78. The molecule has 0 amide bonds. The minimum Gasteiger partial charge on any atom is -0.369 e. The molecule has 130 valence electrons. The van der Waals surface area contributed by atoms with Gasteiger partial charge in [0.05, 0.1) is 6.61 Å². The summed E-state index contributed by atoms with van der Waals surface area (Å²) in [6.07, 6.45) is 3.52. The number of aryl methyl sites for hydroxylation is 2. The van der Waals surface area contributed by atoms with E-state index in [0.29, 0.717) is 24.2 Å². The highest BCUT2D eigenvalue weighted by Gasteiger charge is 2.32. The Morgan fingerprint density at radius 2 is 2.08 bits per heavy atom. The summed E-state index contributed by atoms with van der Waals surface area (Å²) in [4.78, 5) is 3.04. The Bertz CT molecular complexity index is 855. The minimum absolute atomic E-state index is 0.261. The van der Waals surface area contributed by atoms with E-state index in [2.05, 4.69) is 31.2 Å². The Kier molecular flexibility index (Phi) is 4.21. The molecule has 1 aliphatic heterocycles. The third-order valence-electron chi connectivity index (χ3n) is 5.22. The molecule has 2 N–H and O–H groups in total. The maximum atomic E-state index is 8.26. The van der Waals surface area contributed by atoms with Crippen molar-refractivity contribution in [3.8, 4) is 0 Å². The molecule has 1 aliphatic carbocycles. The zero-order valence-electron chi connectivity index (χ0n) is 14.7. The SMILES string of the molecule is CC(=N)N1C(=N)COCc2c1sc(C)c2C1CCCc2ccccc21. The molecule has 1 atom stereocenters. The van der Waals surface area contributed by atoms with Crippen molar-refractivity contribution in [2.45, 2.75) is 45.6 Å². The molecule has 0 radical (unpaired) electrons. The Balaban J connectivity index is 1.87. The quantitative estimate of drug-likeness (QED) is 0.569. The average molecular weight is 353 g/mol. The van der Waals surface area contributed by atoms with Gasteiger partial charge in [-0.05, 0) is 49.8 Å². The number of hydrogen-bond donors (Lipinski definition) is 2. The number of thiophene rings is 1. The van der Waals surface area contributed by atoms with Crippen LogP contribution in [0.15, 0.2) is 24.3 Å². The van der Waals surface area contributed by atoms with Crippen molar-refractivity contribution < 1.29 is 4.74 Å². The lowest BCUT2D eigenvalue weighted by Gasteiger charge is -2.27. The second-order valence-corrected chi connectivity index (χ2v) is 8.06. The molecule has 0 spiro atoms. The van der Waals surface area contributed by atoms with Gasteiger partial charge in [0, 0.05) is 16.4 Å². The smallest absolute Gasteiger partial charge is 0.133 e. The van der Waals surface area contributed by atoms with E-state index < -0.39 is 0 Å². The summed E-state index contributed by atoms with van der Waals surface area (Å²) in [6.45, 7) is 4.71. The van der Waals surface area contributed by atoms with Crippen molar-refractivity contribution in [2.24, 2.45) is 0 Å². The Morgan fingerprint density at radius 1 is 1.28 bits per heavy atom. The second kappa shape index (κ2) is 6.39. The van der Waals surface area contributed by atoms with Crippen LogP contribution in [0, 0.1) is 17.7 Å². The molecule has 1 aromatic heterocycles. The van der Waals surface area contributed by atoms with Crippen molar-refractivity contribution in [3.63, 3.8) is 0 Å². The van der Waals surface area contributed by atoms with Crippen LogP contribution in [0.4, 0.5) is 5.00 Å². The van der Waals surface area contributed by atoms with E-state index in [0.717, 1.165) is 17.8 Å². The van der Waals surface area contributed by atoms with Gasteiger partial charge in [-0.15, -0.1) is 11.3 Å². The fraction of sp³-hybridized carbons (Fsp3) is 0.400. The number of fused-ring (bicyclic) bond motifs is 2. The average Bonchev–Trinajstić information content (AvgIpc) is 2.80. The summed E-state index contributed by atoms with van der Waals surface area (Å²) in [7, 11) is 0. The first-order valence-electron chi connectivity index (χ1n) is 8.78. The lowest BCUT2D eigenvalue weighted by molar-refractivity contribution is 0.159. The number of nitrogens with zero attached hydrogens (tertiary/aromatic N) is 1. The van der Waals surface area contributed by atoms with Gasteiger partial charge in [-0.3, -0.25) is 15.7 Å². The van der Waals surface area contributed by atoms with Gasteiger partial charge >= 0.3 is 0 Å². The monoisotopic (exact) mass is 353 g/mol. The van der Waals surface area contributed by atoms with Crippen LogP contribution in [0.2, 0.25) is 0 Å². The third-order valence-corrected chi connectivity index (χ3v) is 6.37. The van der Waals surface area contributed by atoms with Crippen LogP contribution >= 0.6 is 11.3 Å². The number of hydrogen-bond acceptors (Lipinski definition) is 4. The molecular formula is C20H23N3OS. The minimum atomic E-state index is 0.261. The largest absolute Gasteiger partial charge is 0.369 e. The fourth-order valence-corrected chi connectivity index (χ4v) is 5.51. The van der Waals surface area contributed by atoms with E-state index in [4.69, 9.17) is 15.6 Å². The van der Waals surface area contributed by atoms with Gasteiger partial charge in [0.2, 0.25) is 0 Å². The molecule has 2 aliphatic rings. The molecule has 0 saturated carbocycles. The first kappa shape index (κ1) is 16.5. The highest BCUT2D eigenvalue weighted by atomic mass is 32.1. The van der Waals surface area contributed by atoms with Crippen LogP contribution in [-0.4, -0.2) is 18.3 Å². The maximum Gasteiger partial charge on any atom is 0.133 e. The molecule has 0 fully saturated rings. The van der Waals surface area contributed by atoms with Crippen molar-refractivity contribution in [3.05, 3.63) is 51.4 Å². The molecule has 2 aromatic rings. The zero-order chi connectivity index (χ0) is 17.6. The van der Waals surface area contributed by atoms with E-state index in [-0.39, 0.29) is 6.61 Å². The van der Waals surface area contributed by atoms with Crippen molar-refractivity contribution >= 4 is 28.0 Å². The van der Waals surface area contributed by atoms with Gasteiger partial charge in [0.15, 0.2) is 0 Å². The van der Waals surface area contributed by atoms with Gasteiger partial charge in [-0.1, -0.05) is 24.3 Å². The van der Waals surface area contributed by atoms with Gasteiger partial charge in [-0.2, -0.15) is 0 Å². The Labute approximate surface area is 152 Å². The normalized spacial score (nSPS) is 20.0. The Hall–Kier alpha value is -1.98. The Morgan fingerprint density at radius 3 is 2.88 bits per heavy atom. The van der Waals surface area contributed by atoms with Gasteiger partial charge in [0.1, 0.15) is 23.3 Å². The topological polar surface area (TPSA) is 60.2 Å². The predicted molar refractivity (Wildman–Crippen MR) is 104 cm³/mol. The van der Waals surface area contributed by atoms with E-state index in [1.54, 1.807) is 23.2 Å². The number of rotatable bonds is 1. The van der Waals surface area contributed by atoms with Crippen LogP contribution in [0.1, 0.15) is 52.8 Å². The predicted octanol–water partition coefficient (Wildman–Crippen LogP) is 4.84. The summed E-state index contributed by atoms with van der Waals surface area (Å²) in [5.41, 5.74) is 5.45. The summed E-state index contributed by atoms with van der Waals surface area (Å²) in [6, 6.07) is 8.79. The van der Waals surface area contributed by atoms with Gasteiger partial charge < -0.3 is 4.74 Å². The second-order valence-electron chi connectivity index (χ2n) is 6.86. The number of benzene rings is 1. The number of anilines is 1. The van der Waals surface area contributed by atoms with Crippen LogP contribution in [0.25, 0.3) is 0 Å². The molecule has 2 heterocycles. The van der Waals surface area contributed by atoms with Gasteiger partial charge in [0.25, 0.3) is 0 Å². The summed E-state index contributed by atoms with van der Waals surface area (Å²) in [5, 5.41) is 17.4. The summed E-state index contributed by atoms with van der Waals surface area (Å²) < 4.78 is 5.79. The van der Waals surface area contributed by atoms with Crippen LogP contribution < -0.4 is 4.90 Å². The fourth-order valence-electron chi connectivity index (χ4n) is 4.21. The summed E-state index contributed by atoms with van der Waals surface area (Å²) in [5.74, 6) is 1.13. The molecule has 0 saturated heterocycles. The molecule has 5 heteroatoms. The molecule has 4 nitrogen and oxygen atoms in total. The van der Waals surface area contributed by atoms with E-state index in [9.17, 15) is 0 Å². The third kappa shape index (κ3) is 2.71. The highest BCUT2D eigenvalue weighted by molar-refractivity contribution is 7.16. The van der Waals surface area contributed by atoms with Crippen LogP contribution in [-0.2, 0) is 17.8 Å². The maximum absolute atomic E-state index is 8.26. The molecule has 25 heavy (non-hydrogen) atoms. The van der Waals surface area contributed by atoms with E-state index >= 15 is 0 Å². The van der Waals surface area contributed by atoms with E-state index in [1.807, 2.05) is 0 Å². The standard InChI is InChI=1S/C20H23N3OS/c1-12-19(16-9-5-7-14-6-3-4-8-15(14)16)17-10-24-11-18(22)23(13(2)21)20(17)25-12/h3-4,6,8,16,21-22H,5,7,9-11H2,1-2H3. The molecule has 4 rings (SSSR count). The molecular weight excluding hydrogens is 330 g/mol. The first-order valence-corrected chi connectivity index (χ1v) is 9.60. The molecule has 1 aromatic carbocycles. The zero-order valence-corrected chi connectivity index (χ0v) is 15.5. The molecule has 0 bridgehead atoms. The number of amidine groups is 2. The lowest BCUT2D eigenvalue weighted by Crippen LogP contribution is -2.35. The van der Waals surface area contributed by atoms with Crippen molar-refractivity contribution in [1.29, 1.82) is 10.8 Å². The van der Waals surface area contributed by atoms with Crippen molar-refractivity contribution in [2.75, 3.05) is 11.5 Å². The number of ether oxygens (including phenoxy) is 1.